The molecule has 1 aromatic rings. The van der Waals surface area contributed by atoms with Crippen molar-refractivity contribution in [3.8, 4) is 0 Å². The Bertz CT molecular complexity index is 475. The number of nitrogens with zero attached hydrogens (tertiary/aromatic N) is 1. The van der Waals surface area contributed by atoms with Gasteiger partial charge in [0.2, 0.25) is 5.91 Å². The molecule has 19 heavy (non-hydrogen) atoms. The summed E-state index contributed by atoms with van der Waals surface area (Å²) in [6, 6.07) is 5.38. The van der Waals surface area contributed by atoms with E-state index in [0.717, 1.165) is 18.4 Å². The van der Waals surface area contributed by atoms with Crippen molar-refractivity contribution in [3.05, 3.63) is 33.8 Å². The highest BCUT2D eigenvalue weighted by Crippen LogP contribution is 2.30. The molecule has 1 amide bonds. The molecule has 3 nitrogen and oxygen atoms in total. The highest BCUT2D eigenvalue weighted by atomic mass is 35.5. The van der Waals surface area contributed by atoms with E-state index in [1.807, 2.05) is 24.0 Å². The van der Waals surface area contributed by atoms with Gasteiger partial charge in [-0.2, -0.15) is 0 Å². The van der Waals surface area contributed by atoms with Gasteiger partial charge in [-0.25, -0.2) is 0 Å². The van der Waals surface area contributed by atoms with Gasteiger partial charge < -0.3 is 10.6 Å². The third-order valence-corrected chi connectivity index (χ3v) is 4.10. The van der Waals surface area contributed by atoms with E-state index in [9.17, 15) is 4.79 Å². The summed E-state index contributed by atoms with van der Waals surface area (Å²) in [5.41, 5.74) is 6.84. The van der Waals surface area contributed by atoms with Gasteiger partial charge in [-0.1, -0.05) is 36.2 Å². The minimum absolute atomic E-state index is 0.0241. The van der Waals surface area contributed by atoms with Crippen LogP contribution in [0.3, 0.4) is 0 Å². The predicted octanol–water partition coefficient (Wildman–Crippen LogP) is 3.22. The van der Waals surface area contributed by atoms with Crippen molar-refractivity contribution < 1.29 is 4.79 Å². The zero-order valence-corrected chi connectivity index (χ0v) is 12.4. The lowest BCUT2D eigenvalue weighted by Gasteiger charge is -2.25. The molecule has 0 aromatic heterocycles. The molecule has 0 saturated heterocycles. The Balaban J connectivity index is 2.12. The molecule has 104 valence electrons. The molecule has 1 unspecified atom stereocenters. The molecule has 1 aliphatic rings. The van der Waals surface area contributed by atoms with Crippen LogP contribution >= 0.6 is 23.2 Å². The maximum Gasteiger partial charge on any atom is 0.240 e. The van der Waals surface area contributed by atoms with Crippen LogP contribution in [0, 0.1) is 0 Å². The second-order valence-electron chi connectivity index (χ2n) is 4.96. The van der Waals surface area contributed by atoms with Crippen molar-refractivity contribution in [2.24, 2.45) is 5.73 Å². The van der Waals surface area contributed by atoms with E-state index >= 15 is 0 Å². The molecule has 2 N–H and O–H groups in total. The topological polar surface area (TPSA) is 46.3 Å². The number of halogens is 2. The van der Waals surface area contributed by atoms with E-state index in [2.05, 4.69) is 0 Å². The van der Waals surface area contributed by atoms with Crippen LogP contribution in [-0.4, -0.2) is 22.9 Å². The maximum atomic E-state index is 12.3. The largest absolute Gasteiger partial charge is 0.334 e. The molecule has 1 fully saturated rings. The summed E-state index contributed by atoms with van der Waals surface area (Å²) in [5, 5.41) is 1.04. The number of amides is 1. The molecular formula is C14H18Cl2N2O. The van der Waals surface area contributed by atoms with Gasteiger partial charge in [0.1, 0.15) is 0 Å². The molecule has 0 radical (unpaired) electrons. The first-order valence-electron chi connectivity index (χ1n) is 6.53. The molecule has 0 spiro atoms. The quantitative estimate of drug-likeness (QED) is 0.907. The van der Waals surface area contributed by atoms with Crippen LogP contribution in [-0.2, 0) is 11.3 Å². The average molecular weight is 301 g/mol. The van der Waals surface area contributed by atoms with Gasteiger partial charge in [0.15, 0.2) is 0 Å². The first-order chi connectivity index (χ1) is 9.02. The van der Waals surface area contributed by atoms with E-state index in [-0.39, 0.29) is 5.91 Å². The number of carbonyl (C=O) groups excluding carboxylic acids is 1. The Morgan fingerprint density at radius 3 is 2.63 bits per heavy atom. The lowest BCUT2D eigenvalue weighted by Crippen LogP contribution is -2.44. The van der Waals surface area contributed by atoms with Crippen LogP contribution in [0.4, 0.5) is 0 Å². The van der Waals surface area contributed by atoms with Crippen molar-refractivity contribution in [2.45, 2.75) is 44.8 Å². The molecule has 1 atom stereocenters. The fourth-order valence-corrected chi connectivity index (χ4v) is 2.32. The Kier molecular flexibility index (Phi) is 4.71. The summed E-state index contributed by atoms with van der Waals surface area (Å²) in [7, 11) is 0. The van der Waals surface area contributed by atoms with E-state index < -0.39 is 6.04 Å². The third-order valence-electron chi connectivity index (χ3n) is 3.36. The Hall–Kier alpha value is -0.770. The summed E-state index contributed by atoms with van der Waals surface area (Å²) >= 11 is 11.9. The fraction of sp³-hybridized carbons (Fsp3) is 0.500. The number of hydrogen-bond acceptors (Lipinski definition) is 2. The SMILES string of the molecule is CCC(N)C(=O)N(Cc1ccc(Cl)c(Cl)c1)C1CC1. The highest BCUT2D eigenvalue weighted by Gasteiger charge is 2.34. The molecule has 2 rings (SSSR count). The number of hydrogen-bond donors (Lipinski definition) is 1. The van der Waals surface area contributed by atoms with E-state index in [1.54, 1.807) is 6.07 Å². The molecular weight excluding hydrogens is 283 g/mol. The molecule has 1 saturated carbocycles. The van der Waals surface area contributed by atoms with Crippen molar-refractivity contribution >= 4 is 29.1 Å². The third kappa shape index (κ3) is 3.62. The van der Waals surface area contributed by atoms with Gasteiger partial charge in [-0.05, 0) is 37.0 Å². The summed E-state index contributed by atoms with van der Waals surface area (Å²) in [4.78, 5) is 14.1. The number of carbonyl (C=O) groups is 1. The normalized spacial score (nSPS) is 16.2. The minimum atomic E-state index is -0.414. The average Bonchev–Trinajstić information content (AvgIpc) is 3.22. The lowest BCUT2D eigenvalue weighted by molar-refractivity contribution is -0.133. The van der Waals surface area contributed by atoms with E-state index in [1.165, 1.54) is 0 Å². The molecule has 1 aliphatic carbocycles. The van der Waals surface area contributed by atoms with Crippen molar-refractivity contribution in [3.63, 3.8) is 0 Å². The fourth-order valence-electron chi connectivity index (χ4n) is 2.00. The highest BCUT2D eigenvalue weighted by molar-refractivity contribution is 6.42. The zero-order chi connectivity index (χ0) is 14.0. The molecule has 0 bridgehead atoms. The van der Waals surface area contributed by atoms with Crippen molar-refractivity contribution in [2.75, 3.05) is 0 Å². The van der Waals surface area contributed by atoms with Crippen LogP contribution in [0.1, 0.15) is 31.7 Å². The molecule has 1 aromatic carbocycles. The van der Waals surface area contributed by atoms with Crippen LogP contribution < -0.4 is 5.73 Å². The second kappa shape index (κ2) is 6.12. The summed E-state index contributed by atoms with van der Waals surface area (Å²) in [6.07, 6.45) is 2.77. The number of nitrogens with two attached hydrogens (primary N) is 1. The molecule has 0 aliphatic heterocycles. The lowest BCUT2D eigenvalue weighted by atomic mass is 10.1. The Morgan fingerprint density at radius 1 is 1.42 bits per heavy atom. The smallest absolute Gasteiger partial charge is 0.240 e. The van der Waals surface area contributed by atoms with Gasteiger partial charge >= 0.3 is 0 Å². The van der Waals surface area contributed by atoms with E-state index in [0.29, 0.717) is 29.1 Å². The summed E-state index contributed by atoms with van der Waals surface area (Å²) in [6.45, 7) is 2.47. The first-order valence-corrected chi connectivity index (χ1v) is 7.28. The summed E-state index contributed by atoms with van der Waals surface area (Å²) < 4.78 is 0. The van der Waals surface area contributed by atoms with Gasteiger partial charge in [0.05, 0.1) is 16.1 Å². The van der Waals surface area contributed by atoms with Crippen molar-refractivity contribution in [1.29, 1.82) is 0 Å². The van der Waals surface area contributed by atoms with Crippen LogP contribution in [0.25, 0.3) is 0 Å². The summed E-state index contributed by atoms with van der Waals surface area (Å²) in [5.74, 6) is 0.0241. The van der Waals surface area contributed by atoms with Gasteiger partial charge in [0.25, 0.3) is 0 Å². The second-order valence-corrected chi connectivity index (χ2v) is 5.77. The predicted molar refractivity (Wildman–Crippen MR) is 78.3 cm³/mol. The van der Waals surface area contributed by atoms with Gasteiger partial charge in [-0.15, -0.1) is 0 Å². The van der Waals surface area contributed by atoms with Crippen molar-refractivity contribution in [1.82, 2.24) is 4.90 Å². The zero-order valence-electron chi connectivity index (χ0n) is 10.9. The number of rotatable bonds is 5. The minimum Gasteiger partial charge on any atom is -0.334 e. The van der Waals surface area contributed by atoms with Crippen LogP contribution in [0.2, 0.25) is 10.0 Å². The molecule has 5 heteroatoms. The maximum absolute atomic E-state index is 12.3. The Labute approximate surface area is 123 Å². The first kappa shape index (κ1) is 14.6. The van der Waals surface area contributed by atoms with Crippen LogP contribution in [0.5, 0.6) is 0 Å². The van der Waals surface area contributed by atoms with E-state index in [4.69, 9.17) is 28.9 Å². The molecule has 0 heterocycles. The van der Waals surface area contributed by atoms with Crippen LogP contribution in [0.15, 0.2) is 18.2 Å². The Morgan fingerprint density at radius 2 is 2.11 bits per heavy atom. The number of benzene rings is 1. The van der Waals surface area contributed by atoms with Gasteiger partial charge in [-0.3, -0.25) is 4.79 Å². The monoisotopic (exact) mass is 300 g/mol. The van der Waals surface area contributed by atoms with Gasteiger partial charge in [0, 0.05) is 12.6 Å². The standard InChI is InChI=1S/C14H18Cl2N2O/c1-2-13(17)14(19)18(10-4-5-10)8-9-3-6-11(15)12(16)7-9/h3,6-7,10,13H,2,4-5,8,17H2,1H3.